The van der Waals surface area contributed by atoms with Gasteiger partial charge in [-0.3, -0.25) is 9.69 Å². The molecule has 0 aromatic carbocycles. The van der Waals surface area contributed by atoms with Crippen molar-refractivity contribution in [3.8, 4) is 0 Å². The number of carbonyl (C=O) groups excluding carboxylic acids is 1. The van der Waals surface area contributed by atoms with E-state index in [1.807, 2.05) is 11.4 Å². The van der Waals surface area contributed by atoms with Gasteiger partial charge in [-0.25, -0.2) is 9.97 Å². The minimum Gasteiger partial charge on any atom is -0.354 e. The first-order chi connectivity index (χ1) is 10.1. The summed E-state index contributed by atoms with van der Waals surface area (Å²) in [6, 6.07) is 2.24. The third-order valence-corrected chi connectivity index (χ3v) is 4.78. The highest BCUT2D eigenvalue weighted by Gasteiger charge is 2.20. The Morgan fingerprint density at radius 3 is 2.95 bits per heavy atom. The number of hydrogen-bond donors (Lipinski definition) is 1. The number of amides is 1. The molecule has 0 saturated carbocycles. The number of nitrogens with one attached hydrogen (secondary N) is 1. The molecule has 2 aromatic heterocycles. The second-order valence-electron chi connectivity index (χ2n) is 5.32. The molecule has 7 heteroatoms. The predicted octanol–water partition coefficient (Wildman–Crippen LogP) is 2.45. The highest BCUT2D eigenvalue weighted by molar-refractivity contribution is 7.16. The summed E-state index contributed by atoms with van der Waals surface area (Å²) in [7, 11) is 0. The number of rotatable bonds is 3. The molecule has 1 amide bonds. The maximum Gasteiger partial charge on any atom is 0.217 e. The van der Waals surface area contributed by atoms with Gasteiger partial charge in [-0.15, -0.1) is 11.3 Å². The van der Waals surface area contributed by atoms with Gasteiger partial charge in [0.05, 0.1) is 6.54 Å². The Morgan fingerprint density at radius 2 is 2.24 bits per heavy atom. The molecular formula is C14H17ClN4OS. The summed E-state index contributed by atoms with van der Waals surface area (Å²) >= 11 is 7.77. The SMILES string of the molecule is CC(=O)NC1CCN(Cc2nc(Cl)c3ccsc3n2)CC1. The Labute approximate surface area is 132 Å². The normalized spacial score (nSPS) is 17.2. The molecule has 3 heterocycles. The van der Waals surface area contributed by atoms with Crippen LogP contribution in [0.25, 0.3) is 10.2 Å². The van der Waals surface area contributed by atoms with E-state index < -0.39 is 0 Å². The molecule has 0 spiro atoms. The number of piperidine rings is 1. The molecule has 0 unspecified atom stereocenters. The molecule has 0 radical (unpaired) electrons. The van der Waals surface area contributed by atoms with Crippen LogP contribution in [-0.4, -0.2) is 39.9 Å². The van der Waals surface area contributed by atoms with Crippen LogP contribution in [0.2, 0.25) is 5.15 Å². The van der Waals surface area contributed by atoms with E-state index in [4.69, 9.17) is 11.6 Å². The molecule has 1 aliphatic rings. The number of likely N-dealkylation sites (tertiary alicyclic amines) is 1. The summed E-state index contributed by atoms with van der Waals surface area (Å²) in [5.74, 6) is 0.819. The Balaban J connectivity index is 1.63. The minimum absolute atomic E-state index is 0.0479. The molecule has 5 nitrogen and oxygen atoms in total. The number of thiophene rings is 1. The van der Waals surface area contributed by atoms with E-state index in [9.17, 15) is 4.79 Å². The number of carbonyl (C=O) groups is 1. The maximum atomic E-state index is 11.1. The van der Waals surface area contributed by atoms with Gasteiger partial charge in [-0.2, -0.15) is 0 Å². The fraction of sp³-hybridized carbons (Fsp3) is 0.500. The van der Waals surface area contributed by atoms with Crippen LogP contribution < -0.4 is 5.32 Å². The van der Waals surface area contributed by atoms with Crippen LogP contribution in [0.15, 0.2) is 11.4 Å². The lowest BCUT2D eigenvalue weighted by molar-refractivity contribution is -0.119. The van der Waals surface area contributed by atoms with Gasteiger partial charge >= 0.3 is 0 Å². The number of halogens is 1. The fourth-order valence-electron chi connectivity index (χ4n) is 2.65. The second-order valence-corrected chi connectivity index (χ2v) is 6.57. The summed E-state index contributed by atoms with van der Waals surface area (Å²) < 4.78 is 0. The lowest BCUT2D eigenvalue weighted by atomic mass is 10.1. The average Bonchev–Trinajstić information content (AvgIpc) is 2.89. The van der Waals surface area contributed by atoms with Crippen molar-refractivity contribution >= 4 is 39.1 Å². The van der Waals surface area contributed by atoms with Crippen LogP contribution in [0.5, 0.6) is 0 Å². The summed E-state index contributed by atoms with van der Waals surface area (Å²) in [6.07, 6.45) is 1.93. The summed E-state index contributed by atoms with van der Waals surface area (Å²) in [5, 5.41) is 6.42. The zero-order chi connectivity index (χ0) is 14.8. The molecule has 112 valence electrons. The zero-order valence-electron chi connectivity index (χ0n) is 11.8. The third kappa shape index (κ3) is 3.51. The summed E-state index contributed by atoms with van der Waals surface area (Å²) in [4.78, 5) is 23.3. The lowest BCUT2D eigenvalue weighted by Gasteiger charge is -2.31. The van der Waals surface area contributed by atoms with Crippen LogP contribution in [0, 0.1) is 0 Å². The van der Waals surface area contributed by atoms with E-state index in [1.54, 1.807) is 18.3 Å². The molecule has 1 aliphatic heterocycles. The molecular weight excluding hydrogens is 308 g/mol. The molecule has 21 heavy (non-hydrogen) atoms. The minimum atomic E-state index is 0.0479. The van der Waals surface area contributed by atoms with Crippen LogP contribution in [0.3, 0.4) is 0 Å². The van der Waals surface area contributed by atoms with E-state index in [2.05, 4.69) is 20.2 Å². The van der Waals surface area contributed by atoms with Gasteiger partial charge in [0.25, 0.3) is 0 Å². The van der Waals surface area contributed by atoms with Crippen molar-refractivity contribution in [2.75, 3.05) is 13.1 Å². The van der Waals surface area contributed by atoms with Crippen molar-refractivity contribution in [3.63, 3.8) is 0 Å². The first kappa shape index (κ1) is 14.7. The summed E-state index contributed by atoms with van der Waals surface area (Å²) in [6.45, 7) is 4.15. The van der Waals surface area contributed by atoms with Gasteiger partial charge < -0.3 is 5.32 Å². The number of nitrogens with zero attached hydrogens (tertiary/aromatic N) is 3. The van der Waals surface area contributed by atoms with Crippen molar-refractivity contribution in [2.45, 2.75) is 32.4 Å². The van der Waals surface area contributed by atoms with Crippen LogP contribution in [0.1, 0.15) is 25.6 Å². The highest BCUT2D eigenvalue weighted by Crippen LogP contribution is 2.25. The standard InChI is InChI=1S/C14H17ClN4OS/c1-9(20)16-10-2-5-19(6-3-10)8-12-17-13(15)11-4-7-21-14(11)18-12/h4,7,10H,2-3,5-6,8H2,1H3,(H,16,20). The van der Waals surface area contributed by atoms with Crippen molar-refractivity contribution < 1.29 is 4.79 Å². The Bertz CT molecular complexity index is 651. The van der Waals surface area contributed by atoms with Crippen molar-refractivity contribution in [1.82, 2.24) is 20.2 Å². The lowest BCUT2D eigenvalue weighted by Crippen LogP contribution is -2.43. The van der Waals surface area contributed by atoms with Gasteiger partial charge in [0, 0.05) is 31.4 Å². The highest BCUT2D eigenvalue weighted by atomic mass is 35.5. The fourth-order valence-corrected chi connectivity index (χ4v) is 3.74. The first-order valence-corrected chi connectivity index (χ1v) is 8.26. The molecule has 0 bridgehead atoms. The Kier molecular flexibility index (Phi) is 4.37. The van der Waals surface area contributed by atoms with Gasteiger partial charge in [0.2, 0.25) is 5.91 Å². The van der Waals surface area contributed by atoms with Gasteiger partial charge in [0.1, 0.15) is 15.8 Å². The predicted molar refractivity (Wildman–Crippen MR) is 84.5 cm³/mol. The topological polar surface area (TPSA) is 58.1 Å². The van der Waals surface area contributed by atoms with Gasteiger partial charge in [-0.05, 0) is 24.3 Å². The molecule has 0 atom stereocenters. The Morgan fingerprint density at radius 1 is 1.48 bits per heavy atom. The van der Waals surface area contributed by atoms with Crippen LogP contribution in [-0.2, 0) is 11.3 Å². The molecule has 3 rings (SSSR count). The van der Waals surface area contributed by atoms with Crippen molar-refractivity contribution in [2.24, 2.45) is 0 Å². The van der Waals surface area contributed by atoms with E-state index in [0.29, 0.717) is 17.7 Å². The number of hydrogen-bond acceptors (Lipinski definition) is 5. The van der Waals surface area contributed by atoms with E-state index in [-0.39, 0.29) is 5.91 Å². The molecule has 0 aliphatic carbocycles. The third-order valence-electron chi connectivity index (χ3n) is 3.68. The first-order valence-electron chi connectivity index (χ1n) is 7.01. The van der Waals surface area contributed by atoms with E-state index in [0.717, 1.165) is 42.0 Å². The molecule has 1 N–H and O–H groups in total. The average molecular weight is 325 g/mol. The van der Waals surface area contributed by atoms with Gasteiger partial charge in [0.15, 0.2) is 0 Å². The second kappa shape index (κ2) is 6.25. The number of aromatic nitrogens is 2. The molecule has 1 saturated heterocycles. The quantitative estimate of drug-likeness (QED) is 0.881. The smallest absolute Gasteiger partial charge is 0.217 e. The molecule has 1 fully saturated rings. The zero-order valence-corrected chi connectivity index (χ0v) is 13.4. The Hall–Kier alpha value is -1.24. The van der Waals surface area contributed by atoms with Gasteiger partial charge in [-0.1, -0.05) is 11.6 Å². The maximum absolute atomic E-state index is 11.1. The van der Waals surface area contributed by atoms with Crippen molar-refractivity contribution in [1.29, 1.82) is 0 Å². The monoisotopic (exact) mass is 324 g/mol. The van der Waals surface area contributed by atoms with Crippen molar-refractivity contribution in [3.05, 3.63) is 22.4 Å². The molecule has 2 aromatic rings. The van der Waals surface area contributed by atoms with Crippen LogP contribution >= 0.6 is 22.9 Å². The van der Waals surface area contributed by atoms with Crippen LogP contribution in [0.4, 0.5) is 0 Å². The van der Waals surface area contributed by atoms with E-state index >= 15 is 0 Å². The van der Waals surface area contributed by atoms with E-state index in [1.165, 1.54) is 0 Å². The largest absolute Gasteiger partial charge is 0.354 e. The number of fused-ring (bicyclic) bond motifs is 1. The summed E-state index contributed by atoms with van der Waals surface area (Å²) in [5.41, 5.74) is 0.